The van der Waals surface area contributed by atoms with Crippen LogP contribution in [0.3, 0.4) is 0 Å². The van der Waals surface area contributed by atoms with Crippen LogP contribution in [0.15, 0.2) is 4.42 Å². The minimum Gasteiger partial charge on any atom is -0.476 e. The molecule has 0 unspecified atom stereocenters. The molecule has 0 saturated heterocycles. The van der Waals surface area contributed by atoms with Crippen LogP contribution in [0.4, 0.5) is 0 Å². The summed E-state index contributed by atoms with van der Waals surface area (Å²) in [4.78, 5) is 14.5. The first kappa shape index (κ1) is 10.7. The maximum atomic E-state index is 10.7. The molecule has 0 aliphatic carbocycles. The fourth-order valence-corrected chi connectivity index (χ4v) is 1.04. The first-order chi connectivity index (χ1) is 6.43. The third-order valence-corrected chi connectivity index (χ3v) is 2.02. The number of aromatic nitrogens is 1. The Morgan fingerprint density at radius 1 is 1.57 bits per heavy atom. The first-order valence-corrected chi connectivity index (χ1v) is 4.39. The highest BCUT2D eigenvalue weighted by molar-refractivity contribution is 5.86. The number of aryl methyl sites for hydroxylation is 1. The Labute approximate surface area is 81.9 Å². The van der Waals surface area contributed by atoms with Gasteiger partial charge in [-0.3, -0.25) is 0 Å². The number of carbonyl (C=O) groups is 1. The van der Waals surface area contributed by atoms with Gasteiger partial charge in [0, 0.05) is 0 Å². The van der Waals surface area contributed by atoms with Gasteiger partial charge in [-0.1, -0.05) is 13.8 Å². The van der Waals surface area contributed by atoms with Crippen LogP contribution in [0.25, 0.3) is 0 Å². The molecule has 1 aromatic rings. The molecule has 0 radical (unpaired) electrons. The molecule has 0 aliphatic rings. The second-order valence-corrected chi connectivity index (χ2v) is 3.53. The predicted octanol–water partition coefficient (Wildman–Crippen LogP) is 1.34. The zero-order valence-electron chi connectivity index (χ0n) is 8.44. The summed E-state index contributed by atoms with van der Waals surface area (Å²) in [6.45, 7) is 5.41. The topological polar surface area (TPSA) is 89.4 Å². The molecular formula is C9H14N2O3. The van der Waals surface area contributed by atoms with Gasteiger partial charge < -0.3 is 15.3 Å². The van der Waals surface area contributed by atoms with Gasteiger partial charge in [0.25, 0.3) is 0 Å². The van der Waals surface area contributed by atoms with E-state index >= 15 is 0 Å². The minimum atomic E-state index is -1.09. The van der Waals surface area contributed by atoms with Gasteiger partial charge in [-0.05, 0) is 12.8 Å². The van der Waals surface area contributed by atoms with Gasteiger partial charge in [-0.25, -0.2) is 9.78 Å². The molecule has 1 heterocycles. The minimum absolute atomic E-state index is 0.0592. The molecule has 3 N–H and O–H groups in total. The number of hydrogen-bond donors (Lipinski definition) is 2. The molecule has 1 rings (SSSR count). The Balaban J connectivity index is 3.02. The van der Waals surface area contributed by atoms with Crippen LogP contribution in [0.5, 0.6) is 0 Å². The van der Waals surface area contributed by atoms with Crippen molar-refractivity contribution in [1.82, 2.24) is 4.98 Å². The Morgan fingerprint density at radius 3 is 2.50 bits per heavy atom. The van der Waals surface area contributed by atoms with Crippen LogP contribution in [0.1, 0.15) is 42.0 Å². The highest BCUT2D eigenvalue weighted by Crippen LogP contribution is 2.20. The van der Waals surface area contributed by atoms with E-state index in [4.69, 9.17) is 15.3 Å². The van der Waals surface area contributed by atoms with E-state index in [1.54, 1.807) is 6.92 Å². The summed E-state index contributed by atoms with van der Waals surface area (Å²) in [5.41, 5.74) is 5.71. The summed E-state index contributed by atoms with van der Waals surface area (Å²) in [5.74, 6) is -0.346. The molecule has 0 saturated carbocycles. The van der Waals surface area contributed by atoms with Crippen molar-refractivity contribution in [2.75, 3.05) is 0 Å². The number of aromatic carboxylic acids is 1. The molecule has 14 heavy (non-hydrogen) atoms. The monoisotopic (exact) mass is 198 g/mol. The lowest BCUT2D eigenvalue weighted by molar-refractivity contribution is 0.0689. The van der Waals surface area contributed by atoms with Crippen molar-refractivity contribution in [2.45, 2.75) is 26.8 Å². The molecule has 1 aromatic heterocycles. The Morgan fingerprint density at radius 2 is 2.14 bits per heavy atom. The SMILES string of the molecule is Cc1oc([C@@H](N)C(C)C)nc1C(=O)O. The number of oxazole rings is 1. The van der Waals surface area contributed by atoms with E-state index in [9.17, 15) is 4.79 Å². The Hall–Kier alpha value is -1.36. The van der Waals surface area contributed by atoms with Crippen molar-refractivity contribution in [3.63, 3.8) is 0 Å². The van der Waals surface area contributed by atoms with E-state index in [-0.39, 0.29) is 23.5 Å². The van der Waals surface area contributed by atoms with Crippen LogP contribution in [-0.4, -0.2) is 16.1 Å². The molecule has 0 spiro atoms. The summed E-state index contributed by atoms with van der Waals surface area (Å²) in [6, 6.07) is -0.359. The van der Waals surface area contributed by atoms with Crippen molar-refractivity contribution < 1.29 is 14.3 Å². The maximum Gasteiger partial charge on any atom is 0.358 e. The molecule has 1 atom stereocenters. The summed E-state index contributed by atoms with van der Waals surface area (Å²) >= 11 is 0. The van der Waals surface area contributed by atoms with E-state index in [1.807, 2.05) is 13.8 Å². The molecule has 0 amide bonds. The second kappa shape index (κ2) is 3.79. The number of nitrogens with zero attached hydrogens (tertiary/aromatic N) is 1. The van der Waals surface area contributed by atoms with E-state index in [2.05, 4.69) is 4.98 Å². The highest BCUT2D eigenvalue weighted by atomic mass is 16.4. The van der Waals surface area contributed by atoms with Crippen LogP contribution in [0, 0.1) is 12.8 Å². The lowest BCUT2D eigenvalue weighted by atomic mass is 10.1. The third kappa shape index (κ3) is 1.93. The lowest BCUT2D eigenvalue weighted by Crippen LogP contribution is -2.17. The number of carboxylic acid groups (broad SMARTS) is 1. The van der Waals surface area contributed by atoms with Crippen molar-refractivity contribution in [2.24, 2.45) is 11.7 Å². The summed E-state index contributed by atoms with van der Waals surface area (Å²) in [7, 11) is 0. The van der Waals surface area contributed by atoms with Crippen LogP contribution < -0.4 is 5.73 Å². The van der Waals surface area contributed by atoms with Crippen molar-refractivity contribution >= 4 is 5.97 Å². The van der Waals surface area contributed by atoms with Gasteiger partial charge in [0.2, 0.25) is 5.89 Å². The van der Waals surface area contributed by atoms with E-state index in [0.717, 1.165) is 0 Å². The predicted molar refractivity (Wildman–Crippen MR) is 50.0 cm³/mol. The lowest BCUT2D eigenvalue weighted by Gasteiger charge is -2.10. The standard InChI is InChI=1S/C9H14N2O3/c1-4(2)6(10)8-11-7(9(12)13)5(3)14-8/h4,6H,10H2,1-3H3,(H,12,13)/t6-/m0/s1. The molecule has 5 nitrogen and oxygen atoms in total. The van der Waals surface area contributed by atoms with Gasteiger partial charge in [-0.2, -0.15) is 0 Å². The van der Waals surface area contributed by atoms with Crippen LogP contribution >= 0.6 is 0 Å². The second-order valence-electron chi connectivity index (χ2n) is 3.53. The summed E-state index contributed by atoms with van der Waals surface area (Å²) in [6.07, 6.45) is 0. The van der Waals surface area contributed by atoms with Crippen molar-refractivity contribution in [3.8, 4) is 0 Å². The van der Waals surface area contributed by atoms with Crippen LogP contribution in [-0.2, 0) is 0 Å². The zero-order chi connectivity index (χ0) is 10.9. The smallest absolute Gasteiger partial charge is 0.358 e. The van der Waals surface area contributed by atoms with Gasteiger partial charge in [0.1, 0.15) is 5.76 Å². The zero-order valence-corrected chi connectivity index (χ0v) is 8.44. The van der Waals surface area contributed by atoms with Gasteiger partial charge in [0.15, 0.2) is 5.69 Å². The molecule has 0 fully saturated rings. The summed E-state index contributed by atoms with van der Waals surface area (Å²) < 4.78 is 5.18. The number of rotatable bonds is 3. The highest BCUT2D eigenvalue weighted by Gasteiger charge is 2.21. The van der Waals surface area contributed by atoms with Crippen LogP contribution in [0.2, 0.25) is 0 Å². The number of hydrogen-bond acceptors (Lipinski definition) is 4. The normalized spacial score (nSPS) is 13.2. The van der Waals surface area contributed by atoms with Gasteiger partial charge >= 0.3 is 5.97 Å². The molecule has 5 heteroatoms. The van der Waals surface area contributed by atoms with Crippen molar-refractivity contribution in [3.05, 3.63) is 17.3 Å². The fraction of sp³-hybridized carbons (Fsp3) is 0.556. The Bertz CT molecular complexity index is 344. The molecule has 0 aromatic carbocycles. The quantitative estimate of drug-likeness (QED) is 0.764. The molecular weight excluding hydrogens is 184 g/mol. The van der Waals surface area contributed by atoms with E-state index < -0.39 is 5.97 Å². The fourth-order valence-electron chi connectivity index (χ4n) is 1.04. The van der Waals surface area contributed by atoms with Gasteiger partial charge in [-0.15, -0.1) is 0 Å². The number of nitrogens with two attached hydrogens (primary N) is 1. The largest absolute Gasteiger partial charge is 0.476 e. The van der Waals surface area contributed by atoms with E-state index in [1.165, 1.54) is 0 Å². The maximum absolute atomic E-state index is 10.7. The number of carboxylic acids is 1. The molecule has 0 bridgehead atoms. The molecule has 78 valence electrons. The van der Waals surface area contributed by atoms with Crippen molar-refractivity contribution in [1.29, 1.82) is 0 Å². The van der Waals surface area contributed by atoms with E-state index in [0.29, 0.717) is 5.76 Å². The third-order valence-electron chi connectivity index (χ3n) is 2.02. The first-order valence-electron chi connectivity index (χ1n) is 4.39. The summed E-state index contributed by atoms with van der Waals surface area (Å²) in [5, 5.41) is 8.74. The molecule has 0 aliphatic heterocycles. The average Bonchev–Trinajstić information content (AvgIpc) is 2.45. The Kier molecular flexibility index (Phi) is 2.90. The van der Waals surface area contributed by atoms with Gasteiger partial charge in [0.05, 0.1) is 6.04 Å². The average molecular weight is 198 g/mol.